The van der Waals surface area contributed by atoms with Crippen LogP contribution in [0.3, 0.4) is 0 Å². The molecule has 0 aliphatic heterocycles. The van der Waals surface area contributed by atoms with E-state index in [0.29, 0.717) is 18.7 Å². The van der Waals surface area contributed by atoms with Gasteiger partial charge >= 0.3 is 0 Å². The quantitative estimate of drug-likeness (QED) is 0.746. The number of ether oxygens (including phenoxy) is 1. The highest BCUT2D eigenvalue weighted by Crippen LogP contribution is 2.20. The second-order valence-corrected chi connectivity index (χ2v) is 4.97. The van der Waals surface area contributed by atoms with E-state index in [1.165, 1.54) is 6.07 Å². The Morgan fingerprint density at radius 3 is 2.41 bits per heavy atom. The van der Waals surface area contributed by atoms with E-state index in [9.17, 15) is 9.50 Å². The van der Waals surface area contributed by atoms with Gasteiger partial charge in [-0.1, -0.05) is 36.4 Å². The Bertz CT molecular complexity index is 578. The first-order valence-electron chi connectivity index (χ1n) is 6.99. The number of para-hydroxylation sites is 1. The Morgan fingerprint density at radius 2 is 1.73 bits per heavy atom. The Balaban J connectivity index is 0.00000242. The third-order valence-electron chi connectivity index (χ3n) is 3.07. The molecular weight excluding hydrogens is 305 g/mol. The summed E-state index contributed by atoms with van der Waals surface area (Å²) >= 11 is 0. The van der Waals surface area contributed by atoms with Crippen LogP contribution in [0.15, 0.2) is 48.5 Å². The van der Waals surface area contributed by atoms with Gasteiger partial charge in [0.2, 0.25) is 0 Å². The zero-order valence-electron chi connectivity index (χ0n) is 12.4. The zero-order chi connectivity index (χ0) is 15.1. The number of hydrogen-bond donors (Lipinski definition) is 2. The molecule has 0 saturated heterocycles. The van der Waals surface area contributed by atoms with Gasteiger partial charge in [0.05, 0.1) is 6.10 Å². The summed E-state index contributed by atoms with van der Waals surface area (Å²) in [5.41, 5.74) is 1.51. The highest BCUT2D eigenvalue weighted by Gasteiger charge is 2.06. The summed E-state index contributed by atoms with van der Waals surface area (Å²) in [5.74, 6) is 0.459. The van der Waals surface area contributed by atoms with E-state index < -0.39 is 6.10 Å². The van der Waals surface area contributed by atoms with Crippen LogP contribution >= 0.6 is 0 Å². The van der Waals surface area contributed by atoms with Gasteiger partial charge in [-0.2, -0.15) is 0 Å². The normalized spacial score (nSPS) is 11.6. The van der Waals surface area contributed by atoms with E-state index in [4.69, 9.17) is 4.74 Å². The monoisotopic (exact) mass is 324 g/mol. The van der Waals surface area contributed by atoms with E-state index in [1.54, 1.807) is 25.1 Å². The summed E-state index contributed by atoms with van der Waals surface area (Å²) in [5, 5.41) is 12.4. The summed E-state index contributed by atoms with van der Waals surface area (Å²) in [6.45, 7) is 3.04. The number of nitrogens with one attached hydrogen (secondary N) is 1. The zero-order valence-corrected chi connectivity index (χ0v) is 13.2. The average Bonchev–Trinajstić information content (AvgIpc) is 2.47. The van der Waals surface area contributed by atoms with E-state index >= 15 is 0 Å². The summed E-state index contributed by atoms with van der Waals surface area (Å²) < 4.78 is 19.3. The molecule has 1 unspecified atom stereocenters. The second-order valence-electron chi connectivity index (χ2n) is 4.97. The topological polar surface area (TPSA) is 41.5 Å². The highest BCUT2D eigenvalue weighted by atomic mass is 35.5. The van der Waals surface area contributed by atoms with Crippen LogP contribution in [0.1, 0.15) is 18.1 Å². The van der Waals surface area contributed by atoms with Gasteiger partial charge in [0, 0.05) is 24.2 Å². The van der Waals surface area contributed by atoms with Gasteiger partial charge in [-0.05, 0) is 19.1 Å². The molecule has 3 nitrogen and oxygen atoms in total. The summed E-state index contributed by atoms with van der Waals surface area (Å²) in [7, 11) is 0. The first-order valence-corrected chi connectivity index (χ1v) is 6.99. The summed E-state index contributed by atoms with van der Waals surface area (Å²) in [6.07, 6.45) is -0.392. The lowest BCUT2D eigenvalue weighted by Gasteiger charge is -2.13. The molecule has 22 heavy (non-hydrogen) atoms. The molecule has 5 heteroatoms. The molecule has 2 N–H and O–H groups in total. The van der Waals surface area contributed by atoms with Crippen molar-refractivity contribution < 1.29 is 26.6 Å². The van der Waals surface area contributed by atoms with Crippen molar-refractivity contribution in [3.63, 3.8) is 0 Å². The van der Waals surface area contributed by atoms with Crippen LogP contribution in [0.5, 0.6) is 5.75 Å². The number of halogens is 2. The second kappa shape index (κ2) is 9.41. The molecule has 0 aliphatic carbocycles. The Labute approximate surface area is 136 Å². The Kier molecular flexibility index (Phi) is 7.88. The molecule has 0 aliphatic rings. The molecule has 0 heterocycles. The largest absolute Gasteiger partial charge is 1.00 e. The lowest BCUT2D eigenvalue weighted by molar-refractivity contribution is -0.00000747. The van der Waals surface area contributed by atoms with Crippen LogP contribution in [0.4, 0.5) is 4.39 Å². The van der Waals surface area contributed by atoms with Crippen LogP contribution in [0.2, 0.25) is 0 Å². The average molecular weight is 325 g/mol. The number of benzene rings is 2. The van der Waals surface area contributed by atoms with Gasteiger partial charge in [0.25, 0.3) is 0 Å². The first-order chi connectivity index (χ1) is 10.2. The smallest absolute Gasteiger partial charge is 0.129 e. The molecule has 0 aromatic heterocycles. The predicted octanol–water partition coefficient (Wildman–Crippen LogP) is -0.121. The molecule has 2 aromatic rings. The van der Waals surface area contributed by atoms with Crippen LogP contribution in [-0.2, 0) is 13.2 Å². The molecule has 0 spiro atoms. The lowest BCUT2D eigenvalue weighted by Crippen LogP contribution is -3.00. The molecule has 0 fully saturated rings. The molecule has 1 atom stereocenters. The third kappa shape index (κ3) is 5.64. The molecular formula is C17H20ClFNO2-. The molecule has 2 aromatic carbocycles. The molecule has 0 amide bonds. The SMILES string of the molecule is CC(O)CNCc1ccccc1OCc1ccccc1F.[Cl-]. The molecule has 2 rings (SSSR count). The molecule has 0 bridgehead atoms. The van der Waals surface area contributed by atoms with Gasteiger partial charge in [-0.3, -0.25) is 0 Å². The fraction of sp³-hybridized carbons (Fsp3) is 0.294. The van der Waals surface area contributed by atoms with Crippen molar-refractivity contribution >= 4 is 0 Å². The number of hydrogen-bond acceptors (Lipinski definition) is 3. The van der Waals surface area contributed by atoms with Crippen LogP contribution in [-0.4, -0.2) is 17.8 Å². The van der Waals surface area contributed by atoms with Crippen molar-refractivity contribution in [1.82, 2.24) is 5.32 Å². The minimum atomic E-state index is -0.392. The Hall–Kier alpha value is -1.62. The number of aliphatic hydroxyl groups excluding tert-OH is 1. The van der Waals surface area contributed by atoms with E-state index in [0.717, 1.165) is 11.3 Å². The maximum atomic E-state index is 13.6. The van der Waals surface area contributed by atoms with Crippen LogP contribution < -0.4 is 22.5 Å². The van der Waals surface area contributed by atoms with Crippen LogP contribution in [0.25, 0.3) is 0 Å². The van der Waals surface area contributed by atoms with Gasteiger partial charge in [0.1, 0.15) is 18.2 Å². The fourth-order valence-corrected chi connectivity index (χ4v) is 1.98. The third-order valence-corrected chi connectivity index (χ3v) is 3.07. The predicted molar refractivity (Wildman–Crippen MR) is 80.6 cm³/mol. The fourth-order valence-electron chi connectivity index (χ4n) is 1.98. The van der Waals surface area contributed by atoms with Gasteiger partial charge < -0.3 is 27.6 Å². The first kappa shape index (κ1) is 18.4. The van der Waals surface area contributed by atoms with E-state index in [2.05, 4.69) is 5.32 Å². The maximum absolute atomic E-state index is 13.6. The standard InChI is InChI=1S/C17H20FNO2.ClH/c1-13(20)10-19-11-14-6-3-5-9-17(14)21-12-15-7-2-4-8-16(15)18;/h2-9,13,19-20H,10-12H2,1H3;1H/p-1. The van der Waals surface area contributed by atoms with Crippen molar-refractivity contribution in [2.75, 3.05) is 6.54 Å². The highest BCUT2D eigenvalue weighted by molar-refractivity contribution is 5.33. The van der Waals surface area contributed by atoms with Gasteiger partial charge in [-0.25, -0.2) is 4.39 Å². The minimum Gasteiger partial charge on any atom is -1.00 e. The molecule has 120 valence electrons. The van der Waals surface area contributed by atoms with E-state index in [1.807, 2.05) is 24.3 Å². The van der Waals surface area contributed by atoms with Crippen molar-refractivity contribution in [3.05, 3.63) is 65.5 Å². The van der Waals surface area contributed by atoms with Gasteiger partial charge in [0.15, 0.2) is 0 Å². The number of rotatable bonds is 7. The Morgan fingerprint density at radius 1 is 1.09 bits per heavy atom. The van der Waals surface area contributed by atoms with E-state index in [-0.39, 0.29) is 24.8 Å². The molecule has 0 radical (unpaired) electrons. The minimum absolute atomic E-state index is 0. The van der Waals surface area contributed by atoms with Crippen molar-refractivity contribution in [2.45, 2.75) is 26.2 Å². The summed E-state index contributed by atoms with van der Waals surface area (Å²) in [4.78, 5) is 0. The van der Waals surface area contributed by atoms with Crippen molar-refractivity contribution in [2.24, 2.45) is 0 Å². The lowest BCUT2D eigenvalue weighted by atomic mass is 10.2. The van der Waals surface area contributed by atoms with Crippen molar-refractivity contribution in [1.29, 1.82) is 0 Å². The van der Waals surface area contributed by atoms with Crippen LogP contribution in [0, 0.1) is 5.82 Å². The maximum Gasteiger partial charge on any atom is 0.129 e. The van der Waals surface area contributed by atoms with Crippen molar-refractivity contribution in [3.8, 4) is 5.75 Å². The van der Waals surface area contributed by atoms with Gasteiger partial charge in [-0.15, -0.1) is 0 Å². The molecule has 0 saturated carbocycles. The summed E-state index contributed by atoms with van der Waals surface area (Å²) in [6, 6.07) is 14.2. The number of aliphatic hydroxyl groups is 1.